The van der Waals surface area contributed by atoms with Crippen LogP contribution in [0.2, 0.25) is 0 Å². The average molecular weight is 212 g/mol. The monoisotopic (exact) mass is 212 g/mol. The van der Waals surface area contributed by atoms with Crippen molar-refractivity contribution in [1.29, 1.82) is 0 Å². The summed E-state index contributed by atoms with van der Waals surface area (Å²) in [6, 6.07) is 10.1. The minimum Gasteiger partial charge on any atom is -0.749 e. The van der Waals surface area contributed by atoms with E-state index in [0.717, 1.165) is 5.39 Å². The molecule has 78 valence electrons. The smallest absolute Gasteiger partial charge is 0.250 e. The Hall–Kier alpha value is -2.20. The predicted molar refractivity (Wildman–Crippen MR) is 57.8 cm³/mol. The Balaban J connectivity index is 2.52. The second kappa shape index (κ2) is 2.90. The number of hydrogen-bond donors (Lipinski definition) is 0. The minimum absolute atomic E-state index is 0.0862. The first-order valence-corrected chi connectivity index (χ1v) is 4.78. The van der Waals surface area contributed by atoms with Crippen LogP contribution in [0.25, 0.3) is 10.8 Å². The van der Waals surface area contributed by atoms with Crippen LogP contribution >= 0.6 is 0 Å². The summed E-state index contributed by atoms with van der Waals surface area (Å²) >= 11 is 0. The van der Waals surface area contributed by atoms with Crippen LogP contribution in [0, 0.1) is 5.21 Å². The van der Waals surface area contributed by atoms with Gasteiger partial charge in [0, 0.05) is 16.5 Å². The Morgan fingerprint density at radius 2 is 1.38 bits per heavy atom. The van der Waals surface area contributed by atoms with Gasteiger partial charge in [0.15, 0.2) is 0 Å². The highest BCUT2D eigenvalue weighted by molar-refractivity contribution is 6.25. The highest BCUT2D eigenvalue weighted by Crippen LogP contribution is 2.29. The molecule has 0 bridgehead atoms. The summed E-state index contributed by atoms with van der Waals surface area (Å²) in [7, 11) is 0. The zero-order valence-electron chi connectivity index (χ0n) is 8.14. The first kappa shape index (κ1) is 9.06. The molecule has 2 amide bonds. The Kier molecular flexibility index (Phi) is 1.64. The summed E-state index contributed by atoms with van der Waals surface area (Å²) in [6.07, 6.45) is 0. The molecule has 0 aliphatic carbocycles. The molecule has 4 nitrogen and oxygen atoms in total. The third kappa shape index (κ3) is 0.963. The van der Waals surface area contributed by atoms with Gasteiger partial charge in [-0.2, -0.15) is 0 Å². The molecule has 0 saturated heterocycles. The normalized spacial score (nSPS) is 14.7. The maximum atomic E-state index is 11.6. The number of hydroxylamine groups is 2. The van der Waals surface area contributed by atoms with Crippen LogP contribution in [0.3, 0.4) is 0 Å². The molecular weight excluding hydrogens is 206 g/mol. The van der Waals surface area contributed by atoms with Crippen molar-refractivity contribution in [2.75, 3.05) is 0 Å². The van der Waals surface area contributed by atoms with Crippen molar-refractivity contribution in [2.45, 2.75) is 0 Å². The third-order valence-electron chi connectivity index (χ3n) is 2.73. The number of rotatable bonds is 0. The lowest BCUT2D eigenvalue weighted by atomic mass is 9.95. The molecule has 0 unspecified atom stereocenters. The zero-order chi connectivity index (χ0) is 11.3. The van der Waals surface area contributed by atoms with Crippen molar-refractivity contribution in [2.24, 2.45) is 0 Å². The third-order valence-corrected chi connectivity index (χ3v) is 2.73. The van der Waals surface area contributed by atoms with E-state index in [-0.39, 0.29) is 5.06 Å². The molecule has 1 heterocycles. The number of carbonyl (C=O) groups is 2. The highest BCUT2D eigenvalue weighted by atomic mass is 16.5. The van der Waals surface area contributed by atoms with Crippen molar-refractivity contribution >= 4 is 22.6 Å². The van der Waals surface area contributed by atoms with Crippen LogP contribution in [-0.4, -0.2) is 16.9 Å². The second-order valence-corrected chi connectivity index (χ2v) is 3.61. The zero-order valence-corrected chi connectivity index (χ0v) is 8.14. The Morgan fingerprint density at radius 3 is 1.88 bits per heavy atom. The van der Waals surface area contributed by atoms with Gasteiger partial charge in [0.1, 0.15) is 0 Å². The van der Waals surface area contributed by atoms with Gasteiger partial charge in [-0.25, -0.2) is 0 Å². The minimum atomic E-state index is -0.783. The summed E-state index contributed by atoms with van der Waals surface area (Å²) in [4.78, 5) is 23.2. The Bertz CT molecular complexity index is 582. The molecule has 16 heavy (non-hydrogen) atoms. The van der Waals surface area contributed by atoms with Crippen LogP contribution in [0.4, 0.5) is 0 Å². The summed E-state index contributed by atoms with van der Waals surface area (Å²) in [5.74, 6) is -1.57. The molecule has 0 radical (unpaired) electrons. The van der Waals surface area contributed by atoms with Crippen LogP contribution in [0.5, 0.6) is 0 Å². The van der Waals surface area contributed by atoms with Gasteiger partial charge in [0.25, 0.3) is 11.8 Å². The number of imide groups is 1. The van der Waals surface area contributed by atoms with Gasteiger partial charge in [-0.05, 0) is 17.5 Å². The van der Waals surface area contributed by atoms with E-state index < -0.39 is 11.8 Å². The Labute approximate surface area is 90.7 Å². The number of nitrogens with zero attached hydrogens (tertiary/aromatic N) is 1. The van der Waals surface area contributed by atoms with E-state index in [1.165, 1.54) is 0 Å². The van der Waals surface area contributed by atoms with E-state index >= 15 is 0 Å². The van der Waals surface area contributed by atoms with Crippen molar-refractivity contribution in [3.05, 3.63) is 52.7 Å². The number of hydrogen-bond acceptors (Lipinski definition) is 3. The SMILES string of the molecule is O=C1c2cccc3cccc(c23)C(=O)N1[O-]. The molecule has 0 atom stereocenters. The van der Waals surface area contributed by atoms with E-state index in [4.69, 9.17) is 0 Å². The fraction of sp³-hybridized carbons (Fsp3) is 0. The topological polar surface area (TPSA) is 60.4 Å². The molecule has 3 rings (SSSR count). The quantitative estimate of drug-likeness (QED) is 0.627. The molecule has 2 aromatic rings. The largest absolute Gasteiger partial charge is 0.749 e. The van der Waals surface area contributed by atoms with E-state index in [9.17, 15) is 14.8 Å². The average Bonchev–Trinajstić information content (AvgIpc) is 2.33. The van der Waals surface area contributed by atoms with Gasteiger partial charge in [-0.1, -0.05) is 24.3 Å². The lowest BCUT2D eigenvalue weighted by Crippen LogP contribution is -2.35. The van der Waals surface area contributed by atoms with Crippen molar-refractivity contribution < 1.29 is 9.59 Å². The molecule has 1 aliphatic rings. The maximum absolute atomic E-state index is 11.6. The first-order chi connectivity index (χ1) is 7.70. The van der Waals surface area contributed by atoms with Gasteiger partial charge in [0.05, 0.1) is 0 Å². The van der Waals surface area contributed by atoms with Crippen LogP contribution < -0.4 is 0 Å². The first-order valence-electron chi connectivity index (χ1n) is 4.78. The maximum Gasteiger partial charge on any atom is 0.250 e. The summed E-state index contributed by atoms with van der Waals surface area (Å²) < 4.78 is 0. The van der Waals surface area contributed by atoms with Gasteiger partial charge >= 0.3 is 0 Å². The standard InChI is InChI=1S/C12H6NO3/c14-11-8-5-1-3-7-4-2-6-9(10(7)8)12(15)13(11)16/h1-6H/q-1. The Morgan fingerprint density at radius 1 is 0.875 bits per heavy atom. The van der Waals surface area contributed by atoms with Gasteiger partial charge in [0.2, 0.25) is 0 Å². The van der Waals surface area contributed by atoms with E-state index in [1.54, 1.807) is 24.3 Å². The number of carbonyl (C=O) groups excluding carboxylic acids is 2. The molecule has 0 N–H and O–H groups in total. The van der Waals surface area contributed by atoms with E-state index in [1.807, 2.05) is 12.1 Å². The highest BCUT2D eigenvalue weighted by Gasteiger charge is 2.26. The van der Waals surface area contributed by atoms with Crippen LogP contribution in [0.1, 0.15) is 20.7 Å². The fourth-order valence-electron chi connectivity index (χ4n) is 2.01. The molecule has 2 aromatic carbocycles. The van der Waals surface area contributed by atoms with Crippen molar-refractivity contribution in [3.63, 3.8) is 0 Å². The lowest BCUT2D eigenvalue weighted by Gasteiger charge is -2.31. The summed E-state index contributed by atoms with van der Waals surface area (Å²) in [5.41, 5.74) is 0.588. The lowest BCUT2D eigenvalue weighted by molar-refractivity contribution is 0.0680. The van der Waals surface area contributed by atoms with Crippen molar-refractivity contribution in [3.8, 4) is 0 Å². The van der Waals surface area contributed by atoms with Gasteiger partial charge < -0.3 is 10.3 Å². The summed E-state index contributed by atoms with van der Waals surface area (Å²) in [5, 5.41) is 12.6. The molecule has 1 aliphatic heterocycles. The molecule has 0 spiro atoms. The van der Waals surface area contributed by atoms with Crippen LogP contribution in [-0.2, 0) is 0 Å². The van der Waals surface area contributed by atoms with Gasteiger partial charge in [-0.15, -0.1) is 0 Å². The number of amides is 2. The molecule has 4 heteroatoms. The second-order valence-electron chi connectivity index (χ2n) is 3.61. The predicted octanol–water partition coefficient (Wildman–Crippen LogP) is 1.93. The molecule has 0 saturated carbocycles. The summed E-state index contributed by atoms with van der Waals surface area (Å²) in [6.45, 7) is 0. The molecule has 0 fully saturated rings. The molecule has 0 aromatic heterocycles. The van der Waals surface area contributed by atoms with Crippen LogP contribution in [0.15, 0.2) is 36.4 Å². The number of benzene rings is 2. The van der Waals surface area contributed by atoms with Crippen molar-refractivity contribution in [1.82, 2.24) is 5.06 Å². The molecular formula is C12H6NO3-. The fourth-order valence-corrected chi connectivity index (χ4v) is 2.01. The van der Waals surface area contributed by atoms with E-state index in [2.05, 4.69) is 0 Å². The van der Waals surface area contributed by atoms with Gasteiger partial charge in [-0.3, -0.25) is 9.59 Å². The van der Waals surface area contributed by atoms with E-state index in [0.29, 0.717) is 16.5 Å².